The lowest BCUT2D eigenvalue weighted by Gasteiger charge is -2.26. The van der Waals surface area contributed by atoms with Crippen molar-refractivity contribution in [2.24, 2.45) is 7.05 Å². The van der Waals surface area contributed by atoms with Gasteiger partial charge in [-0.05, 0) is 12.5 Å². The molecule has 1 aliphatic rings. The Balaban J connectivity index is 1.64. The summed E-state index contributed by atoms with van der Waals surface area (Å²) in [7, 11) is 3.43. The molecule has 0 saturated heterocycles. The summed E-state index contributed by atoms with van der Waals surface area (Å²) in [5, 5.41) is 4.62. The molecule has 0 atom stereocenters. The molecule has 0 saturated carbocycles. The van der Waals surface area contributed by atoms with Crippen LogP contribution in [0.25, 0.3) is 11.0 Å². The van der Waals surface area contributed by atoms with Crippen LogP contribution in [0.4, 0.5) is 0 Å². The second-order valence-corrected chi connectivity index (χ2v) is 6.38. The smallest absolute Gasteiger partial charge is 0.262 e. The van der Waals surface area contributed by atoms with Crippen molar-refractivity contribution in [2.75, 3.05) is 20.3 Å². The van der Waals surface area contributed by atoms with Crippen molar-refractivity contribution in [1.82, 2.24) is 24.6 Å². The summed E-state index contributed by atoms with van der Waals surface area (Å²) in [6, 6.07) is 5.90. The first-order chi connectivity index (χ1) is 12.7. The molecule has 1 aromatic carbocycles. The molecule has 0 bridgehead atoms. The fourth-order valence-electron chi connectivity index (χ4n) is 3.29. The maximum Gasteiger partial charge on any atom is 0.262 e. The lowest BCUT2D eigenvalue weighted by atomic mass is 10.1. The number of nitrogens with one attached hydrogen (secondary N) is 1. The Labute approximate surface area is 150 Å². The minimum atomic E-state index is -0.157. The van der Waals surface area contributed by atoms with Crippen LogP contribution >= 0.6 is 0 Å². The highest BCUT2D eigenvalue weighted by Crippen LogP contribution is 2.33. The zero-order valence-corrected chi connectivity index (χ0v) is 14.9. The van der Waals surface area contributed by atoms with Gasteiger partial charge in [-0.15, -0.1) is 0 Å². The van der Waals surface area contributed by atoms with Gasteiger partial charge in [-0.25, -0.2) is 4.98 Å². The largest absolute Gasteiger partial charge is 0.493 e. The van der Waals surface area contributed by atoms with E-state index < -0.39 is 0 Å². The third-order valence-electron chi connectivity index (χ3n) is 4.56. The van der Waals surface area contributed by atoms with Gasteiger partial charge in [-0.1, -0.05) is 12.1 Å². The summed E-state index contributed by atoms with van der Waals surface area (Å²) in [5.74, 6) is 2.17. The topological polar surface area (TPSA) is 85.3 Å². The predicted molar refractivity (Wildman–Crippen MR) is 96.3 cm³/mol. The quantitative estimate of drug-likeness (QED) is 0.765. The number of hydrogen-bond acceptors (Lipinski definition) is 6. The molecule has 0 unspecified atom stereocenters. The van der Waals surface area contributed by atoms with Crippen molar-refractivity contribution in [3.05, 3.63) is 46.1 Å². The molecule has 1 aliphatic heterocycles. The Bertz CT molecular complexity index is 994. The Morgan fingerprint density at radius 2 is 2.27 bits per heavy atom. The van der Waals surface area contributed by atoms with Gasteiger partial charge in [0.2, 0.25) is 0 Å². The van der Waals surface area contributed by atoms with Crippen LogP contribution in [0.3, 0.4) is 0 Å². The van der Waals surface area contributed by atoms with E-state index in [0.29, 0.717) is 36.6 Å². The first-order valence-electron chi connectivity index (χ1n) is 8.57. The number of aromatic nitrogens is 4. The van der Waals surface area contributed by atoms with Gasteiger partial charge >= 0.3 is 0 Å². The molecule has 0 radical (unpaired) electrons. The Hall–Kier alpha value is -2.87. The fourth-order valence-corrected chi connectivity index (χ4v) is 3.29. The van der Waals surface area contributed by atoms with Gasteiger partial charge in [-0.2, -0.15) is 5.10 Å². The molecule has 0 amide bonds. The normalized spacial score (nSPS) is 15.2. The van der Waals surface area contributed by atoms with Gasteiger partial charge in [0.1, 0.15) is 11.2 Å². The highest BCUT2D eigenvalue weighted by Gasteiger charge is 2.18. The second kappa shape index (κ2) is 6.80. The van der Waals surface area contributed by atoms with Crippen molar-refractivity contribution in [2.45, 2.75) is 19.5 Å². The standard InChI is InChI=1S/C18H21N5O3/c1-22-17-13(9-19-22)18(24)21-15(20-17)11-23-7-4-8-26-16-12(10-23)5-3-6-14(16)25-2/h3,5-6,9H,4,7-8,10-11H2,1-2H3,(H,20,21,24). The van der Waals surface area contributed by atoms with Gasteiger partial charge in [0.25, 0.3) is 5.56 Å². The average Bonchev–Trinajstić information content (AvgIpc) is 2.98. The number of hydrogen-bond donors (Lipinski definition) is 1. The molecular formula is C18H21N5O3. The SMILES string of the molecule is COc1cccc2c1OCCCN(Cc1nc3c(cnn3C)c(=O)[nH]1)C2. The molecule has 0 spiro atoms. The van der Waals surface area contributed by atoms with E-state index >= 15 is 0 Å². The summed E-state index contributed by atoms with van der Waals surface area (Å²) in [6.45, 7) is 2.71. The molecule has 3 aromatic rings. The summed E-state index contributed by atoms with van der Waals surface area (Å²) in [5.41, 5.74) is 1.50. The highest BCUT2D eigenvalue weighted by molar-refractivity contribution is 5.72. The van der Waals surface area contributed by atoms with Crippen molar-refractivity contribution < 1.29 is 9.47 Å². The third kappa shape index (κ3) is 3.03. The summed E-state index contributed by atoms with van der Waals surface area (Å²) >= 11 is 0. The van der Waals surface area contributed by atoms with E-state index in [1.54, 1.807) is 25.0 Å². The van der Waals surface area contributed by atoms with E-state index in [1.165, 1.54) is 0 Å². The highest BCUT2D eigenvalue weighted by atomic mass is 16.5. The molecule has 26 heavy (non-hydrogen) atoms. The lowest BCUT2D eigenvalue weighted by molar-refractivity contribution is 0.192. The molecule has 4 rings (SSSR count). The minimum Gasteiger partial charge on any atom is -0.493 e. The molecular weight excluding hydrogens is 334 g/mol. The van der Waals surface area contributed by atoms with E-state index in [1.807, 2.05) is 18.2 Å². The molecule has 8 heteroatoms. The first-order valence-corrected chi connectivity index (χ1v) is 8.57. The van der Waals surface area contributed by atoms with Crippen molar-refractivity contribution in [3.63, 3.8) is 0 Å². The van der Waals surface area contributed by atoms with E-state index in [0.717, 1.165) is 30.0 Å². The molecule has 2 aromatic heterocycles. The number of benzene rings is 1. The number of rotatable bonds is 3. The number of ether oxygens (including phenoxy) is 2. The first kappa shape index (κ1) is 16.6. The van der Waals surface area contributed by atoms with E-state index in [-0.39, 0.29) is 5.56 Å². The minimum absolute atomic E-state index is 0.157. The third-order valence-corrected chi connectivity index (χ3v) is 4.56. The molecule has 136 valence electrons. The molecule has 0 aliphatic carbocycles. The summed E-state index contributed by atoms with van der Waals surface area (Å²) in [4.78, 5) is 22.0. The van der Waals surface area contributed by atoms with Crippen LogP contribution < -0.4 is 15.0 Å². The fraction of sp³-hybridized carbons (Fsp3) is 0.389. The van der Waals surface area contributed by atoms with E-state index in [4.69, 9.17) is 9.47 Å². The number of fused-ring (bicyclic) bond motifs is 2. The van der Waals surface area contributed by atoms with E-state index in [2.05, 4.69) is 20.0 Å². The van der Waals surface area contributed by atoms with Gasteiger partial charge in [0.15, 0.2) is 17.1 Å². The Kier molecular flexibility index (Phi) is 4.34. The maximum absolute atomic E-state index is 12.3. The maximum atomic E-state index is 12.3. The number of aryl methyl sites for hydroxylation is 1. The van der Waals surface area contributed by atoms with Crippen LogP contribution in [0.1, 0.15) is 17.8 Å². The van der Waals surface area contributed by atoms with Crippen LogP contribution in [0.15, 0.2) is 29.2 Å². The van der Waals surface area contributed by atoms with Crippen LogP contribution in [-0.4, -0.2) is 44.9 Å². The van der Waals surface area contributed by atoms with Gasteiger partial charge in [-0.3, -0.25) is 14.4 Å². The zero-order chi connectivity index (χ0) is 18.1. The van der Waals surface area contributed by atoms with E-state index in [9.17, 15) is 4.79 Å². The van der Waals surface area contributed by atoms with Crippen LogP contribution in [0, 0.1) is 0 Å². The van der Waals surface area contributed by atoms with Crippen molar-refractivity contribution in [1.29, 1.82) is 0 Å². The van der Waals surface area contributed by atoms with Crippen LogP contribution in [-0.2, 0) is 20.1 Å². The predicted octanol–water partition coefficient (Wildman–Crippen LogP) is 1.45. The van der Waals surface area contributed by atoms with Crippen LogP contribution in [0.2, 0.25) is 0 Å². The number of H-pyrrole nitrogens is 1. The van der Waals surface area contributed by atoms with Gasteiger partial charge < -0.3 is 14.5 Å². The zero-order valence-electron chi connectivity index (χ0n) is 14.9. The second-order valence-electron chi connectivity index (χ2n) is 6.38. The Morgan fingerprint density at radius 1 is 1.38 bits per heavy atom. The van der Waals surface area contributed by atoms with Gasteiger partial charge in [0, 0.05) is 25.7 Å². The Morgan fingerprint density at radius 3 is 3.12 bits per heavy atom. The molecule has 8 nitrogen and oxygen atoms in total. The monoisotopic (exact) mass is 355 g/mol. The average molecular weight is 355 g/mol. The molecule has 0 fully saturated rings. The summed E-state index contributed by atoms with van der Waals surface area (Å²) in [6.07, 6.45) is 2.43. The summed E-state index contributed by atoms with van der Waals surface area (Å²) < 4.78 is 12.9. The number of para-hydroxylation sites is 1. The van der Waals surface area contributed by atoms with Crippen LogP contribution in [0.5, 0.6) is 11.5 Å². The van der Waals surface area contributed by atoms with Crippen molar-refractivity contribution in [3.8, 4) is 11.5 Å². The van der Waals surface area contributed by atoms with Crippen molar-refractivity contribution >= 4 is 11.0 Å². The molecule has 1 N–H and O–H groups in total. The molecule has 3 heterocycles. The number of methoxy groups -OCH3 is 1. The lowest BCUT2D eigenvalue weighted by Crippen LogP contribution is -2.29. The van der Waals surface area contributed by atoms with Gasteiger partial charge in [0.05, 0.1) is 26.5 Å². The number of aromatic amines is 1. The number of nitrogens with zero attached hydrogens (tertiary/aromatic N) is 4.